The van der Waals surface area contributed by atoms with Crippen molar-refractivity contribution in [3.63, 3.8) is 0 Å². The lowest BCUT2D eigenvalue weighted by Crippen LogP contribution is -2.15. The van der Waals surface area contributed by atoms with Gasteiger partial charge >= 0.3 is 0 Å². The Labute approximate surface area is 147 Å². The number of carbonyl (C=O) groups is 1. The van der Waals surface area contributed by atoms with E-state index < -0.39 is 0 Å². The number of hydrogen-bond acceptors (Lipinski definition) is 4. The average Bonchev–Trinajstić information content (AvgIpc) is 2.62. The first-order valence-electron chi connectivity index (χ1n) is 8.21. The second kappa shape index (κ2) is 7.57. The van der Waals surface area contributed by atoms with Crippen LogP contribution < -0.4 is 10.6 Å². The molecular formula is C20H20N4O. The Bertz CT molecular complexity index is 892. The molecule has 0 aliphatic carbocycles. The molecule has 0 saturated carbocycles. The van der Waals surface area contributed by atoms with Crippen LogP contribution in [0.2, 0.25) is 0 Å². The lowest BCUT2D eigenvalue weighted by molar-refractivity contribution is 0.102. The molecule has 2 aromatic carbocycles. The van der Waals surface area contributed by atoms with E-state index in [0.29, 0.717) is 11.6 Å². The molecule has 0 bridgehead atoms. The maximum atomic E-state index is 12.5. The summed E-state index contributed by atoms with van der Waals surface area (Å²) in [4.78, 5) is 21.0. The van der Waals surface area contributed by atoms with Gasteiger partial charge in [-0.3, -0.25) is 4.79 Å². The largest absolute Gasteiger partial charge is 0.324 e. The van der Waals surface area contributed by atoms with Gasteiger partial charge in [0.1, 0.15) is 5.69 Å². The third-order valence-corrected chi connectivity index (χ3v) is 3.81. The normalized spacial score (nSPS) is 10.3. The molecule has 1 amide bonds. The highest BCUT2D eigenvalue weighted by molar-refractivity contribution is 6.03. The Morgan fingerprint density at radius 3 is 2.72 bits per heavy atom. The van der Waals surface area contributed by atoms with Crippen LogP contribution in [0.25, 0.3) is 0 Å². The molecule has 0 radical (unpaired) electrons. The zero-order valence-corrected chi connectivity index (χ0v) is 14.3. The summed E-state index contributed by atoms with van der Waals surface area (Å²) in [7, 11) is 0. The van der Waals surface area contributed by atoms with Crippen LogP contribution in [-0.2, 0) is 6.42 Å². The Morgan fingerprint density at radius 2 is 1.92 bits per heavy atom. The summed E-state index contributed by atoms with van der Waals surface area (Å²) < 4.78 is 0. The number of carbonyl (C=O) groups excluding carboxylic acids is 1. The predicted molar refractivity (Wildman–Crippen MR) is 100 cm³/mol. The molecule has 1 heterocycles. The van der Waals surface area contributed by atoms with E-state index >= 15 is 0 Å². The summed E-state index contributed by atoms with van der Waals surface area (Å²) in [5.74, 6) is 0.137. The van der Waals surface area contributed by atoms with Gasteiger partial charge in [0.05, 0.1) is 0 Å². The molecule has 2 N–H and O–H groups in total. The van der Waals surface area contributed by atoms with Crippen LogP contribution >= 0.6 is 0 Å². The maximum Gasteiger partial charge on any atom is 0.274 e. The first kappa shape index (κ1) is 16.6. The van der Waals surface area contributed by atoms with Gasteiger partial charge in [-0.2, -0.15) is 0 Å². The summed E-state index contributed by atoms with van der Waals surface area (Å²) in [6.07, 6.45) is 2.42. The SMILES string of the molecule is CCc1ccccc1NC(=O)c1ccnc(Nc2cccc(C)c2)n1. The Kier molecular flexibility index (Phi) is 5.04. The molecule has 126 valence electrons. The average molecular weight is 332 g/mol. The summed E-state index contributed by atoms with van der Waals surface area (Å²) in [6.45, 7) is 4.07. The zero-order chi connectivity index (χ0) is 17.6. The third-order valence-electron chi connectivity index (χ3n) is 3.81. The predicted octanol–water partition coefficient (Wildman–Crippen LogP) is 4.34. The number of rotatable bonds is 5. The Morgan fingerprint density at radius 1 is 1.08 bits per heavy atom. The van der Waals surface area contributed by atoms with Crippen molar-refractivity contribution in [1.29, 1.82) is 0 Å². The number of hydrogen-bond donors (Lipinski definition) is 2. The maximum absolute atomic E-state index is 12.5. The molecule has 0 atom stereocenters. The van der Waals surface area contributed by atoms with E-state index in [1.807, 2.05) is 55.5 Å². The number of aryl methyl sites for hydroxylation is 2. The first-order valence-corrected chi connectivity index (χ1v) is 8.21. The van der Waals surface area contributed by atoms with E-state index in [0.717, 1.165) is 28.9 Å². The van der Waals surface area contributed by atoms with Gasteiger partial charge < -0.3 is 10.6 Å². The number of nitrogens with zero attached hydrogens (tertiary/aromatic N) is 2. The smallest absolute Gasteiger partial charge is 0.274 e. The van der Waals surface area contributed by atoms with Crippen molar-refractivity contribution in [3.05, 3.63) is 77.6 Å². The molecule has 5 nitrogen and oxygen atoms in total. The standard InChI is InChI=1S/C20H20N4O/c1-3-15-8-4-5-10-17(15)23-19(25)18-11-12-21-20(24-18)22-16-9-6-7-14(2)13-16/h4-13H,3H2,1-2H3,(H,23,25)(H,21,22,24). The van der Waals surface area contributed by atoms with Crippen molar-refractivity contribution in [2.24, 2.45) is 0 Å². The van der Waals surface area contributed by atoms with Crippen molar-refractivity contribution in [2.75, 3.05) is 10.6 Å². The zero-order valence-electron chi connectivity index (χ0n) is 14.3. The number of para-hydroxylation sites is 1. The van der Waals surface area contributed by atoms with Crippen molar-refractivity contribution in [2.45, 2.75) is 20.3 Å². The molecule has 0 aliphatic heterocycles. The fourth-order valence-corrected chi connectivity index (χ4v) is 2.53. The molecule has 0 spiro atoms. The van der Waals surface area contributed by atoms with Crippen molar-refractivity contribution < 1.29 is 4.79 Å². The van der Waals surface area contributed by atoms with E-state index in [4.69, 9.17) is 0 Å². The van der Waals surface area contributed by atoms with Crippen LogP contribution in [0.3, 0.4) is 0 Å². The van der Waals surface area contributed by atoms with Crippen molar-refractivity contribution >= 4 is 23.2 Å². The Hall–Kier alpha value is -3.21. The van der Waals surface area contributed by atoms with Crippen LogP contribution in [0.15, 0.2) is 60.8 Å². The summed E-state index contributed by atoms with van der Waals surface area (Å²) in [5, 5.41) is 6.05. The van der Waals surface area contributed by atoms with Gasteiger partial charge in [-0.15, -0.1) is 0 Å². The van der Waals surface area contributed by atoms with Gasteiger partial charge in [0, 0.05) is 17.6 Å². The van der Waals surface area contributed by atoms with Gasteiger partial charge in [-0.05, 0) is 48.7 Å². The minimum atomic E-state index is -0.254. The summed E-state index contributed by atoms with van der Waals surface area (Å²) >= 11 is 0. The van der Waals surface area contributed by atoms with Crippen LogP contribution in [0.1, 0.15) is 28.5 Å². The molecule has 1 aromatic heterocycles. The highest BCUT2D eigenvalue weighted by Gasteiger charge is 2.11. The van der Waals surface area contributed by atoms with Crippen molar-refractivity contribution in [1.82, 2.24) is 9.97 Å². The fourth-order valence-electron chi connectivity index (χ4n) is 2.53. The third kappa shape index (κ3) is 4.20. The number of aromatic nitrogens is 2. The number of amides is 1. The molecule has 0 unspecified atom stereocenters. The van der Waals surface area contributed by atoms with Gasteiger partial charge in [-0.1, -0.05) is 37.3 Å². The topological polar surface area (TPSA) is 66.9 Å². The van der Waals surface area contributed by atoms with Gasteiger partial charge in [0.15, 0.2) is 0 Å². The van der Waals surface area contributed by atoms with Gasteiger partial charge in [0.2, 0.25) is 5.95 Å². The molecule has 0 saturated heterocycles. The second-order valence-electron chi connectivity index (χ2n) is 5.72. The van der Waals surface area contributed by atoms with Crippen LogP contribution in [-0.4, -0.2) is 15.9 Å². The van der Waals surface area contributed by atoms with E-state index in [1.54, 1.807) is 12.3 Å². The minimum absolute atomic E-state index is 0.254. The van der Waals surface area contributed by atoms with E-state index in [-0.39, 0.29) is 5.91 Å². The second-order valence-corrected chi connectivity index (χ2v) is 5.72. The number of anilines is 3. The van der Waals surface area contributed by atoms with E-state index in [2.05, 4.69) is 27.5 Å². The number of benzene rings is 2. The summed E-state index contributed by atoms with van der Waals surface area (Å²) in [6, 6.07) is 17.3. The highest BCUT2D eigenvalue weighted by Crippen LogP contribution is 2.17. The van der Waals surface area contributed by atoms with Crippen LogP contribution in [0.4, 0.5) is 17.3 Å². The first-order chi connectivity index (χ1) is 12.2. The Balaban J connectivity index is 1.77. The molecule has 3 aromatic rings. The molecule has 25 heavy (non-hydrogen) atoms. The fraction of sp³-hybridized carbons (Fsp3) is 0.150. The quantitative estimate of drug-likeness (QED) is 0.729. The van der Waals surface area contributed by atoms with E-state index in [1.165, 1.54) is 0 Å². The van der Waals surface area contributed by atoms with Crippen LogP contribution in [0.5, 0.6) is 0 Å². The van der Waals surface area contributed by atoms with Crippen LogP contribution in [0, 0.1) is 6.92 Å². The van der Waals surface area contributed by atoms with Crippen molar-refractivity contribution in [3.8, 4) is 0 Å². The molecule has 0 fully saturated rings. The highest BCUT2D eigenvalue weighted by atomic mass is 16.1. The lowest BCUT2D eigenvalue weighted by atomic mass is 10.1. The molecule has 5 heteroatoms. The lowest BCUT2D eigenvalue weighted by Gasteiger charge is -2.10. The molecule has 0 aliphatic rings. The minimum Gasteiger partial charge on any atom is -0.324 e. The van der Waals surface area contributed by atoms with Gasteiger partial charge in [0.25, 0.3) is 5.91 Å². The number of nitrogens with one attached hydrogen (secondary N) is 2. The molecule has 3 rings (SSSR count). The molecular weight excluding hydrogens is 312 g/mol. The monoisotopic (exact) mass is 332 g/mol. The summed E-state index contributed by atoms with van der Waals surface area (Å²) in [5.41, 5.74) is 4.23. The van der Waals surface area contributed by atoms with Gasteiger partial charge in [-0.25, -0.2) is 9.97 Å². The van der Waals surface area contributed by atoms with E-state index in [9.17, 15) is 4.79 Å².